The smallest absolute Gasteiger partial charge is 0.0963 e. The molecule has 0 fully saturated rings. The summed E-state index contributed by atoms with van der Waals surface area (Å²) in [7, 11) is 0. The molecular weight excluding hydrogens is 258 g/mol. The SMILES string of the molecule is CCOCCCn1cc(C(Br)CC)nn1. The monoisotopic (exact) mass is 275 g/mol. The molecule has 0 spiro atoms. The summed E-state index contributed by atoms with van der Waals surface area (Å²) in [6, 6.07) is 0. The van der Waals surface area contributed by atoms with Gasteiger partial charge in [-0.25, -0.2) is 0 Å². The van der Waals surface area contributed by atoms with E-state index in [-0.39, 0.29) is 0 Å². The van der Waals surface area contributed by atoms with Gasteiger partial charge in [-0.2, -0.15) is 0 Å². The number of hydrogen-bond donors (Lipinski definition) is 0. The van der Waals surface area contributed by atoms with Crippen molar-refractivity contribution in [3.63, 3.8) is 0 Å². The molecule has 15 heavy (non-hydrogen) atoms. The molecule has 0 radical (unpaired) electrons. The highest BCUT2D eigenvalue weighted by Crippen LogP contribution is 2.23. The number of ether oxygens (including phenoxy) is 1. The third-order valence-corrected chi connectivity index (χ3v) is 3.23. The molecule has 1 rings (SSSR count). The first-order valence-corrected chi connectivity index (χ1v) is 6.31. The maximum Gasteiger partial charge on any atom is 0.0963 e. The van der Waals surface area contributed by atoms with Crippen molar-refractivity contribution < 1.29 is 4.74 Å². The quantitative estimate of drug-likeness (QED) is 0.567. The number of nitrogens with zero attached hydrogens (tertiary/aromatic N) is 3. The summed E-state index contributed by atoms with van der Waals surface area (Å²) in [6.45, 7) is 6.56. The summed E-state index contributed by atoms with van der Waals surface area (Å²) in [6.07, 6.45) is 4.00. The van der Waals surface area contributed by atoms with Crippen molar-refractivity contribution >= 4 is 15.9 Å². The van der Waals surface area contributed by atoms with Gasteiger partial charge in [0.2, 0.25) is 0 Å². The predicted octanol–water partition coefficient (Wildman–Crippen LogP) is 2.55. The number of aryl methyl sites for hydroxylation is 1. The Morgan fingerprint density at radius 2 is 2.33 bits per heavy atom. The van der Waals surface area contributed by atoms with Gasteiger partial charge < -0.3 is 4.74 Å². The van der Waals surface area contributed by atoms with E-state index in [0.29, 0.717) is 4.83 Å². The summed E-state index contributed by atoms with van der Waals surface area (Å²) in [5.41, 5.74) is 1.01. The number of aromatic nitrogens is 3. The summed E-state index contributed by atoms with van der Waals surface area (Å²) in [5, 5.41) is 8.18. The van der Waals surface area contributed by atoms with Gasteiger partial charge in [-0.1, -0.05) is 28.1 Å². The Labute approximate surface area is 99.1 Å². The summed E-state index contributed by atoms with van der Waals surface area (Å²) in [4.78, 5) is 0.318. The fraction of sp³-hybridized carbons (Fsp3) is 0.800. The fourth-order valence-corrected chi connectivity index (χ4v) is 1.46. The lowest BCUT2D eigenvalue weighted by atomic mass is 10.3. The molecule has 1 unspecified atom stereocenters. The van der Waals surface area contributed by atoms with Crippen LogP contribution in [0.5, 0.6) is 0 Å². The average molecular weight is 276 g/mol. The van der Waals surface area contributed by atoms with Gasteiger partial charge in [-0.3, -0.25) is 4.68 Å². The van der Waals surface area contributed by atoms with Gasteiger partial charge in [0.15, 0.2) is 0 Å². The zero-order valence-electron chi connectivity index (χ0n) is 9.32. The molecule has 0 aliphatic rings. The van der Waals surface area contributed by atoms with Crippen LogP contribution in [-0.2, 0) is 11.3 Å². The van der Waals surface area contributed by atoms with Crippen LogP contribution in [0, 0.1) is 0 Å². The Bertz CT molecular complexity index is 277. The zero-order chi connectivity index (χ0) is 11.1. The molecular formula is C10H18BrN3O. The molecule has 0 aliphatic heterocycles. The number of halogens is 1. The van der Waals surface area contributed by atoms with Crippen LogP contribution in [0.15, 0.2) is 6.20 Å². The predicted molar refractivity (Wildman–Crippen MR) is 63.1 cm³/mol. The molecule has 0 N–H and O–H groups in total. The number of alkyl halides is 1. The maximum absolute atomic E-state index is 5.26. The lowest BCUT2D eigenvalue weighted by molar-refractivity contribution is 0.140. The highest BCUT2D eigenvalue weighted by molar-refractivity contribution is 9.09. The topological polar surface area (TPSA) is 39.9 Å². The molecule has 0 saturated carbocycles. The third kappa shape index (κ3) is 4.30. The van der Waals surface area contributed by atoms with E-state index in [9.17, 15) is 0 Å². The van der Waals surface area contributed by atoms with Gasteiger partial charge in [0.1, 0.15) is 0 Å². The van der Waals surface area contributed by atoms with Crippen LogP contribution in [0.2, 0.25) is 0 Å². The van der Waals surface area contributed by atoms with Crippen LogP contribution < -0.4 is 0 Å². The van der Waals surface area contributed by atoms with Gasteiger partial charge in [-0.05, 0) is 19.8 Å². The number of hydrogen-bond acceptors (Lipinski definition) is 3. The Kier molecular flexibility index (Phi) is 5.86. The third-order valence-electron chi connectivity index (χ3n) is 2.12. The molecule has 0 amide bonds. The van der Waals surface area contributed by atoms with Crippen molar-refractivity contribution in [2.45, 2.75) is 38.1 Å². The summed E-state index contributed by atoms with van der Waals surface area (Å²) in [5.74, 6) is 0. The van der Waals surface area contributed by atoms with E-state index < -0.39 is 0 Å². The van der Waals surface area contributed by atoms with E-state index in [1.807, 2.05) is 17.8 Å². The van der Waals surface area contributed by atoms with Crippen LogP contribution in [0.3, 0.4) is 0 Å². The standard InChI is InChI=1S/C10H18BrN3O/c1-3-9(11)10-8-14(13-12-10)6-5-7-15-4-2/h8-9H,3-7H2,1-2H3. The van der Waals surface area contributed by atoms with Crippen LogP contribution in [0.1, 0.15) is 37.2 Å². The van der Waals surface area contributed by atoms with E-state index in [0.717, 1.165) is 38.3 Å². The summed E-state index contributed by atoms with van der Waals surface area (Å²) < 4.78 is 7.13. The molecule has 1 aromatic heterocycles. The Morgan fingerprint density at radius 3 is 3.00 bits per heavy atom. The molecule has 0 aliphatic carbocycles. The fourth-order valence-electron chi connectivity index (χ4n) is 1.25. The van der Waals surface area contributed by atoms with Gasteiger partial charge >= 0.3 is 0 Å². The molecule has 1 heterocycles. The first-order valence-electron chi connectivity index (χ1n) is 5.39. The minimum atomic E-state index is 0.318. The Hall–Kier alpha value is -0.420. The van der Waals surface area contributed by atoms with Crippen LogP contribution >= 0.6 is 15.9 Å². The lowest BCUT2D eigenvalue weighted by Crippen LogP contribution is -2.03. The van der Waals surface area contributed by atoms with Gasteiger partial charge in [0.25, 0.3) is 0 Å². The minimum absolute atomic E-state index is 0.318. The Morgan fingerprint density at radius 1 is 1.53 bits per heavy atom. The first-order chi connectivity index (χ1) is 7.27. The molecule has 5 heteroatoms. The van der Waals surface area contributed by atoms with E-state index in [1.54, 1.807) is 0 Å². The molecule has 1 atom stereocenters. The van der Waals surface area contributed by atoms with Crippen molar-refractivity contribution in [2.24, 2.45) is 0 Å². The van der Waals surface area contributed by atoms with Gasteiger partial charge in [0.05, 0.1) is 10.5 Å². The summed E-state index contributed by atoms with van der Waals surface area (Å²) >= 11 is 3.55. The van der Waals surface area contributed by atoms with E-state index in [1.165, 1.54) is 0 Å². The molecule has 0 bridgehead atoms. The minimum Gasteiger partial charge on any atom is -0.382 e. The van der Waals surface area contributed by atoms with Crippen molar-refractivity contribution in [3.8, 4) is 0 Å². The molecule has 86 valence electrons. The second kappa shape index (κ2) is 6.95. The van der Waals surface area contributed by atoms with Crippen LogP contribution in [-0.4, -0.2) is 28.2 Å². The first kappa shape index (κ1) is 12.6. The molecule has 1 aromatic rings. The molecule has 0 aromatic carbocycles. The van der Waals surface area contributed by atoms with Crippen LogP contribution in [0.25, 0.3) is 0 Å². The van der Waals surface area contributed by atoms with Crippen molar-refractivity contribution in [1.82, 2.24) is 15.0 Å². The normalized spacial score (nSPS) is 13.0. The van der Waals surface area contributed by atoms with Crippen molar-refractivity contribution in [2.75, 3.05) is 13.2 Å². The van der Waals surface area contributed by atoms with E-state index in [2.05, 4.69) is 33.2 Å². The highest BCUT2D eigenvalue weighted by Gasteiger charge is 2.08. The van der Waals surface area contributed by atoms with Gasteiger partial charge in [-0.15, -0.1) is 5.10 Å². The van der Waals surface area contributed by atoms with Crippen LogP contribution in [0.4, 0.5) is 0 Å². The maximum atomic E-state index is 5.26. The Balaban J connectivity index is 2.33. The molecule has 0 saturated heterocycles. The largest absolute Gasteiger partial charge is 0.382 e. The van der Waals surface area contributed by atoms with E-state index in [4.69, 9.17) is 4.74 Å². The lowest BCUT2D eigenvalue weighted by Gasteiger charge is -2.01. The second-order valence-corrected chi connectivity index (χ2v) is 4.44. The highest BCUT2D eigenvalue weighted by atomic mass is 79.9. The zero-order valence-corrected chi connectivity index (χ0v) is 10.9. The van der Waals surface area contributed by atoms with Crippen molar-refractivity contribution in [1.29, 1.82) is 0 Å². The van der Waals surface area contributed by atoms with Gasteiger partial charge in [0, 0.05) is 26.0 Å². The number of rotatable bonds is 7. The van der Waals surface area contributed by atoms with E-state index >= 15 is 0 Å². The van der Waals surface area contributed by atoms with Crippen molar-refractivity contribution in [3.05, 3.63) is 11.9 Å². The second-order valence-electron chi connectivity index (χ2n) is 3.33. The average Bonchev–Trinajstić information content (AvgIpc) is 2.72. The molecule has 4 nitrogen and oxygen atoms in total.